The van der Waals surface area contributed by atoms with Crippen molar-refractivity contribution in [3.8, 4) is 5.75 Å². The molecule has 18 heavy (non-hydrogen) atoms. The standard InChI is InChI=1S/C15H25NO2/c1-3-4-5-6-7-8-9-14(17)13-10-11-16-12-15(13)18-2/h10-12,14,17H,3-9H2,1-2H3. The Balaban J connectivity index is 2.29. The van der Waals surface area contributed by atoms with E-state index in [1.807, 2.05) is 6.07 Å². The maximum Gasteiger partial charge on any atom is 0.142 e. The highest BCUT2D eigenvalue weighted by Crippen LogP contribution is 2.27. The van der Waals surface area contributed by atoms with Crippen molar-refractivity contribution >= 4 is 0 Å². The molecule has 0 fully saturated rings. The molecule has 0 saturated carbocycles. The van der Waals surface area contributed by atoms with Gasteiger partial charge in [0.1, 0.15) is 5.75 Å². The predicted octanol–water partition coefficient (Wildman–Crippen LogP) is 3.87. The van der Waals surface area contributed by atoms with Crippen molar-refractivity contribution in [3.63, 3.8) is 0 Å². The van der Waals surface area contributed by atoms with Gasteiger partial charge in [-0.05, 0) is 12.5 Å². The van der Waals surface area contributed by atoms with Crippen LogP contribution in [0.3, 0.4) is 0 Å². The zero-order valence-electron chi connectivity index (χ0n) is 11.6. The Kier molecular flexibility index (Phi) is 7.42. The molecule has 1 N–H and O–H groups in total. The lowest BCUT2D eigenvalue weighted by Gasteiger charge is -2.13. The number of pyridine rings is 1. The van der Waals surface area contributed by atoms with E-state index >= 15 is 0 Å². The molecule has 1 rings (SSSR count). The Morgan fingerprint density at radius 3 is 2.67 bits per heavy atom. The molecule has 0 radical (unpaired) electrons. The van der Waals surface area contributed by atoms with Crippen LogP contribution in [0.4, 0.5) is 0 Å². The van der Waals surface area contributed by atoms with Crippen LogP contribution in [0.25, 0.3) is 0 Å². The molecule has 0 aliphatic carbocycles. The molecule has 0 aliphatic heterocycles. The minimum Gasteiger partial charge on any atom is -0.495 e. The number of unbranched alkanes of at least 4 members (excludes halogenated alkanes) is 5. The number of aliphatic hydroxyl groups is 1. The van der Waals surface area contributed by atoms with Gasteiger partial charge in [0, 0.05) is 11.8 Å². The van der Waals surface area contributed by atoms with E-state index < -0.39 is 6.10 Å². The number of rotatable bonds is 9. The number of hydrogen-bond acceptors (Lipinski definition) is 3. The Morgan fingerprint density at radius 1 is 1.22 bits per heavy atom. The fourth-order valence-corrected chi connectivity index (χ4v) is 2.11. The molecule has 0 spiro atoms. The molecule has 1 heterocycles. The van der Waals surface area contributed by atoms with Gasteiger partial charge in [0.05, 0.1) is 19.4 Å². The average Bonchev–Trinajstić information content (AvgIpc) is 2.42. The maximum atomic E-state index is 10.1. The van der Waals surface area contributed by atoms with E-state index in [1.54, 1.807) is 19.5 Å². The third-order valence-corrected chi connectivity index (χ3v) is 3.23. The first kappa shape index (κ1) is 15.0. The smallest absolute Gasteiger partial charge is 0.142 e. The molecule has 102 valence electrons. The van der Waals surface area contributed by atoms with Gasteiger partial charge < -0.3 is 9.84 Å². The molecule has 1 atom stereocenters. The normalized spacial score (nSPS) is 12.4. The second-order valence-corrected chi connectivity index (χ2v) is 4.69. The molecule has 0 aliphatic rings. The van der Waals surface area contributed by atoms with Crippen LogP contribution in [0, 0.1) is 0 Å². The van der Waals surface area contributed by atoms with E-state index in [-0.39, 0.29) is 0 Å². The Hall–Kier alpha value is -1.09. The van der Waals surface area contributed by atoms with E-state index in [1.165, 1.54) is 32.1 Å². The van der Waals surface area contributed by atoms with Crippen molar-refractivity contribution in [2.45, 2.75) is 58.0 Å². The molecule has 0 bridgehead atoms. The highest BCUT2D eigenvalue weighted by atomic mass is 16.5. The van der Waals surface area contributed by atoms with Crippen molar-refractivity contribution < 1.29 is 9.84 Å². The van der Waals surface area contributed by atoms with E-state index in [9.17, 15) is 5.11 Å². The van der Waals surface area contributed by atoms with E-state index in [2.05, 4.69) is 11.9 Å². The number of hydrogen-bond donors (Lipinski definition) is 1. The third kappa shape index (κ3) is 5.05. The summed E-state index contributed by atoms with van der Waals surface area (Å²) in [5, 5.41) is 10.1. The van der Waals surface area contributed by atoms with Gasteiger partial charge in [-0.15, -0.1) is 0 Å². The molecular formula is C15H25NO2. The minimum atomic E-state index is -0.436. The minimum absolute atomic E-state index is 0.436. The van der Waals surface area contributed by atoms with Crippen LogP contribution in [-0.4, -0.2) is 17.2 Å². The van der Waals surface area contributed by atoms with Gasteiger partial charge in [-0.2, -0.15) is 0 Å². The lowest BCUT2D eigenvalue weighted by molar-refractivity contribution is 0.159. The van der Waals surface area contributed by atoms with E-state index in [0.29, 0.717) is 5.75 Å². The molecule has 0 amide bonds. The Morgan fingerprint density at radius 2 is 1.94 bits per heavy atom. The summed E-state index contributed by atoms with van der Waals surface area (Å²) in [6.07, 6.45) is 11.2. The monoisotopic (exact) mass is 251 g/mol. The van der Waals surface area contributed by atoms with Gasteiger partial charge >= 0.3 is 0 Å². The first-order valence-corrected chi connectivity index (χ1v) is 6.95. The van der Waals surface area contributed by atoms with Crippen LogP contribution in [0.5, 0.6) is 5.75 Å². The maximum absolute atomic E-state index is 10.1. The van der Waals surface area contributed by atoms with E-state index in [0.717, 1.165) is 18.4 Å². The second kappa shape index (κ2) is 8.92. The summed E-state index contributed by atoms with van der Waals surface area (Å²) in [4.78, 5) is 3.99. The van der Waals surface area contributed by atoms with Crippen LogP contribution < -0.4 is 4.74 Å². The van der Waals surface area contributed by atoms with Crippen LogP contribution >= 0.6 is 0 Å². The molecule has 0 saturated heterocycles. The number of aromatic nitrogens is 1. The number of ether oxygens (including phenoxy) is 1. The van der Waals surface area contributed by atoms with Crippen LogP contribution in [0.2, 0.25) is 0 Å². The molecule has 3 heteroatoms. The van der Waals surface area contributed by atoms with Crippen LogP contribution in [0.15, 0.2) is 18.5 Å². The number of nitrogens with zero attached hydrogens (tertiary/aromatic N) is 1. The van der Waals surface area contributed by atoms with Crippen molar-refractivity contribution in [3.05, 3.63) is 24.0 Å². The van der Waals surface area contributed by atoms with Gasteiger partial charge in [0.15, 0.2) is 0 Å². The summed E-state index contributed by atoms with van der Waals surface area (Å²) < 4.78 is 5.20. The third-order valence-electron chi connectivity index (χ3n) is 3.23. The molecule has 3 nitrogen and oxygen atoms in total. The molecule has 1 aromatic rings. The Bertz CT molecular complexity index is 328. The fraction of sp³-hybridized carbons (Fsp3) is 0.667. The van der Waals surface area contributed by atoms with Crippen LogP contribution in [0.1, 0.15) is 63.5 Å². The van der Waals surface area contributed by atoms with Crippen molar-refractivity contribution in [2.75, 3.05) is 7.11 Å². The summed E-state index contributed by atoms with van der Waals surface area (Å²) in [6.45, 7) is 2.22. The largest absolute Gasteiger partial charge is 0.495 e. The van der Waals surface area contributed by atoms with Crippen molar-refractivity contribution in [1.29, 1.82) is 0 Å². The first-order chi connectivity index (χ1) is 8.79. The van der Waals surface area contributed by atoms with Gasteiger partial charge in [-0.25, -0.2) is 0 Å². The highest BCUT2D eigenvalue weighted by molar-refractivity contribution is 5.31. The number of aliphatic hydroxyl groups excluding tert-OH is 1. The molecule has 1 aromatic heterocycles. The highest BCUT2D eigenvalue weighted by Gasteiger charge is 2.12. The second-order valence-electron chi connectivity index (χ2n) is 4.69. The van der Waals surface area contributed by atoms with Gasteiger partial charge in [-0.1, -0.05) is 45.4 Å². The summed E-state index contributed by atoms with van der Waals surface area (Å²) >= 11 is 0. The van der Waals surface area contributed by atoms with Crippen LogP contribution in [-0.2, 0) is 0 Å². The lowest BCUT2D eigenvalue weighted by Crippen LogP contribution is -2.01. The average molecular weight is 251 g/mol. The number of methoxy groups -OCH3 is 1. The van der Waals surface area contributed by atoms with Gasteiger partial charge in [-0.3, -0.25) is 4.98 Å². The summed E-state index contributed by atoms with van der Waals surface area (Å²) in [6, 6.07) is 1.83. The van der Waals surface area contributed by atoms with E-state index in [4.69, 9.17) is 4.74 Å². The quantitative estimate of drug-likeness (QED) is 0.677. The summed E-state index contributed by atoms with van der Waals surface area (Å²) in [5.41, 5.74) is 0.848. The summed E-state index contributed by atoms with van der Waals surface area (Å²) in [7, 11) is 1.61. The molecular weight excluding hydrogens is 226 g/mol. The first-order valence-electron chi connectivity index (χ1n) is 6.95. The zero-order chi connectivity index (χ0) is 13.2. The van der Waals surface area contributed by atoms with Crippen molar-refractivity contribution in [1.82, 2.24) is 4.98 Å². The Labute approximate surface area is 110 Å². The van der Waals surface area contributed by atoms with Gasteiger partial charge in [0.25, 0.3) is 0 Å². The molecule has 1 unspecified atom stereocenters. The van der Waals surface area contributed by atoms with Gasteiger partial charge in [0.2, 0.25) is 0 Å². The SMILES string of the molecule is CCCCCCCCC(O)c1ccncc1OC. The topological polar surface area (TPSA) is 42.4 Å². The predicted molar refractivity (Wildman–Crippen MR) is 73.7 cm³/mol. The lowest BCUT2D eigenvalue weighted by atomic mass is 10.0. The summed E-state index contributed by atoms with van der Waals surface area (Å²) in [5.74, 6) is 0.677. The fourth-order valence-electron chi connectivity index (χ4n) is 2.11. The van der Waals surface area contributed by atoms with Crippen molar-refractivity contribution in [2.24, 2.45) is 0 Å². The zero-order valence-corrected chi connectivity index (χ0v) is 11.6. The molecule has 0 aromatic carbocycles.